The van der Waals surface area contributed by atoms with Crippen LogP contribution in [-0.2, 0) is 19.5 Å². The van der Waals surface area contributed by atoms with Crippen LogP contribution in [0.5, 0.6) is 0 Å². The van der Waals surface area contributed by atoms with Gasteiger partial charge in [0, 0.05) is 36.5 Å². The lowest BCUT2D eigenvalue weighted by Crippen LogP contribution is -2.36. The van der Waals surface area contributed by atoms with E-state index in [0.29, 0.717) is 28.3 Å². The fraction of sp³-hybridized carbons (Fsp3) is 0.368. The Morgan fingerprint density at radius 1 is 1.29 bits per heavy atom. The third kappa shape index (κ3) is 3.27. The summed E-state index contributed by atoms with van der Waals surface area (Å²) in [5.41, 5.74) is 1.21. The van der Waals surface area contributed by atoms with Crippen molar-refractivity contribution in [2.24, 2.45) is 0 Å². The molecule has 0 unspecified atom stereocenters. The van der Waals surface area contributed by atoms with Crippen molar-refractivity contribution in [3.63, 3.8) is 0 Å². The summed E-state index contributed by atoms with van der Waals surface area (Å²) in [4.78, 5) is 47.1. The molecule has 1 amide bonds. The number of rotatable bonds is 4. The predicted molar refractivity (Wildman–Crippen MR) is 109 cm³/mol. The zero-order chi connectivity index (χ0) is 19.8. The van der Waals surface area contributed by atoms with E-state index in [0.717, 1.165) is 31.7 Å². The number of H-pyrrole nitrogens is 1. The quantitative estimate of drug-likeness (QED) is 0.652. The Morgan fingerprint density at radius 2 is 2.11 bits per heavy atom. The van der Waals surface area contributed by atoms with Crippen LogP contribution >= 0.6 is 11.3 Å². The molecule has 2 N–H and O–H groups in total. The molecule has 1 aliphatic rings. The molecule has 9 heteroatoms. The molecule has 0 radical (unpaired) electrons. The maximum atomic E-state index is 12.7. The summed E-state index contributed by atoms with van der Waals surface area (Å²) in [6.07, 6.45) is 0.890. The second-order valence-corrected chi connectivity index (χ2v) is 7.78. The second-order valence-electron chi connectivity index (χ2n) is 6.70. The van der Waals surface area contributed by atoms with E-state index in [1.807, 2.05) is 0 Å². The Morgan fingerprint density at radius 3 is 2.86 bits per heavy atom. The first kappa shape index (κ1) is 18.6. The molecule has 8 nitrogen and oxygen atoms in total. The van der Waals surface area contributed by atoms with Crippen LogP contribution in [-0.4, -0.2) is 38.4 Å². The van der Waals surface area contributed by atoms with Gasteiger partial charge in [-0.25, -0.2) is 4.98 Å². The highest BCUT2D eigenvalue weighted by Crippen LogP contribution is 2.28. The Bertz CT molecular complexity index is 1180. The lowest BCUT2D eigenvalue weighted by atomic mass is 10.1. The highest BCUT2D eigenvalue weighted by atomic mass is 32.1. The largest absolute Gasteiger partial charge is 0.316 e. The van der Waals surface area contributed by atoms with Gasteiger partial charge in [0.2, 0.25) is 0 Å². The van der Waals surface area contributed by atoms with E-state index >= 15 is 0 Å². The molecule has 3 aromatic rings. The number of likely N-dealkylation sites (N-methyl/N-ethyl adjacent to an activating group) is 1. The number of carbonyl (C=O) groups excluding carboxylic acids is 1. The highest BCUT2D eigenvalue weighted by molar-refractivity contribution is 7.15. The van der Waals surface area contributed by atoms with Crippen molar-refractivity contribution in [2.45, 2.75) is 33.4 Å². The fourth-order valence-corrected chi connectivity index (χ4v) is 4.52. The number of benzene rings is 1. The SMILES string of the molecule is CCN1CCc2nc(NC(=O)c3ccc4c(c3)[nH]c(=O)c(=O)n4CC)sc2C1. The number of nitrogens with one attached hydrogen (secondary N) is 2. The number of aromatic amines is 1. The number of hydrogen-bond donors (Lipinski definition) is 2. The standard InChI is InChI=1S/C19H21N5O3S/c1-3-23-8-7-12-15(10-23)28-19(21-12)22-16(25)11-5-6-14-13(9-11)20-17(26)18(27)24(14)4-2/h5-6,9H,3-4,7-8,10H2,1-2H3,(H,20,26)(H,21,22,25). The van der Waals surface area contributed by atoms with Crippen LogP contribution in [0.2, 0.25) is 0 Å². The van der Waals surface area contributed by atoms with Crippen molar-refractivity contribution in [3.05, 3.63) is 55.0 Å². The molecule has 0 aliphatic carbocycles. The summed E-state index contributed by atoms with van der Waals surface area (Å²) in [5.74, 6) is -0.296. The average molecular weight is 399 g/mol. The van der Waals surface area contributed by atoms with E-state index in [1.54, 1.807) is 25.1 Å². The maximum Gasteiger partial charge on any atom is 0.316 e. The van der Waals surface area contributed by atoms with E-state index in [4.69, 9.17) is 0 Å². The molecule has 0 spiro atoms. The van der Waals surface area contributed by atoms with Gasteiger partial charge >= 0.3 is 11.1 Å². The Labute approximate surface area is 164 Å². The van der Waals surface area contributed by atoms with Crippen molar-refractivity contribution in [3.8, 4) is 0 Å². The van der Waals surface area contributed by atoms with Crippen molar-refractivity contribution in [1.82, 2.24) is 19.4 Å². The van der Waals surface area contributed by atoms with E-state index < -0.39 is 11.1 Å². The molecule has 1 aromatic carbocycles. The van der Waals surface area contributed by atoms with Crippen LogP contribution in [0.25, 0.3) is 11.0 Å². The normalized spacial score (nSPS) is 14.2. The first-order valence-corrected chi connectivity index (χ1v) is 10.1. The van der Waals surface area contributed by atoms with Crippen molar-refractivity contribution in [2.75, 3.05) is 18.4 Å². The molecular formula is C19H21N5O3S. The minimum atomic E-state index is -0.694. The van der Waals surface area contributed by atoms with Gasteiger partial charge in [-0.1, -0.05) is 6.92 Å². The lowest BCUT2D eigenvalue weighted by molar-refractivity contribution is 0.102. The summed E-state index contributed by atoms with van der Waals surface area (Å²) in [6, 6.07) is 4.91. The summed E-state index contributed by atoms with van der Waals surface area (Å²) in [6.45, 7) is 7.16. The monoisotopic (exact) mass is 399 g/mol. The third-order valence-corrected chi connectivity index (χ3v) is 6.03. The number of aromatic nitrogens is 3. The van der Waals surface area contributed by atoms with Crippen LogP contribution in [0.3, 0.4) is 0 Å². The average Bonchev–Trinajstić information content (AvgIpc) is 3.09. The van der Waals surface area contributed by atoms with Gasteiger partial charge in [0.1, 0.15) is 0 Å². The molecule has 0 saturated carbocycles. The van der Waals surface area contributed by atoms with Gasteiger partial charge in [-0.05, 0) is 31.7 Å². The van der Waals surface area contributed by atoms with E-state index in [-0.39, 0.29) is 5.91 Å². The number of carbonyl (C=O) groups is 1. The first-order chi connectivity index (χ1) is 13.5. The van der Waals surface area contributed by atoms with E-state index in [1.165, 1.54) is 20.8 Å². The van der Waals surface area contributed by atoms with Gasteiger partial charge in [-0.15, -0.1) is 11.3 Å². The van der Waals surface area contributed by atoms with E-state index in [9.17, 15) is 14.4 Å². The first-order valence-electron chi connectivity index (χ1n) is 9.29. The summed E-state index contributed by atoms with van der Waals surface area (Å²) < 4.78 is 1.39. The van der Waals surface area contributed by atoms with Gasteiger partial charge in [-0.3, -0.25) is 24.6 Å². The number of anilines is 1. The van der Waals surface area contributed by atoms with Crippen molar-refractivity contribution >= 4 is 33.4 Å². The molecule has 3 heterocycles. The van der Waals surface area contributed by atoms with Gasteiger partial charge in [0.25, 0.3) is 5.91 Å². The van der Waals surface area contributed by atoms with Crippen molar-refractivity contribution in [1.29, 1.82) is 0 Å². The minimum absolute atomic E-state index is 0.296. The number of fused-ring (bicyclic) bond motifs is 2. The van der Waals surface area contributed by atoms with Crippen LogP contribution in [0.15, 0.2) is 27.8 Å². The Kier molecular flexibility index (Phi) is 4.86. The lowest BCUT2D eigenvalue weighted by Gasteiger charge is -2.23. The Hall–Kier alpha value is -2.78. The minimum Gasteiger partial charge on any atom is -0.316 e. The smallest absolute Gasteiger partial charge is 0.316 e. The van der Waals surface area contributed by atoms with Crippen LogP contribution in [0.1, 0.15) is 34.8 Å². The summed E-state index contributed by atoms with van der Waals surface area (Å²) in [5, 5.41) is 3.44. The summed E-state index contributed by atoms with van der Waals surface area (Å²) >= 11 is 1.50. The highest BCUT2D eigenvalue weighted by Gasteiger charge is 2.21. The molecule has 0 fully saturated rings. The van der Waals surface area contributed by atoms with E-state index in [2.05, 4.69) is 27.1 Å². The van der Waals surface area contributed by atoms with Gasteiger partial charge < -0.3 is 9.55 Å². The number of hydrogen-bond acceptors (Lipinski definition) is 6. The molecule has 2 aromatic heterocycles. The van der Waals surface area contributed by atoms with Gasteiger partial charge in [0.05, 0.1) is 16.7 Å². The molecular weight excluding hydrogens is 378 g/mol. The number of thiazole rings is 1. The summed E-state index contributed by atoms with van der Waals surface area (Å²) in [7, 11) is 0. The number of aryl methyl sites for hydroxylation is 1. The Balaban J connectivity index is 1.61. The van der Waals surface area contributed by atoms with Gasteiger partial charge in [-0.2, -0.15) is 0 Å². The molecule has 0 saturated heterocycles. The molecule has 4 rings (SSSR count). The topological polar surface area (TPSA) is 100 Å². The number of nitrogens with zero attached hydrogens (tertiary/aromatic N) is 3. The molecule has 0 atom stereocenters. The zero-order valence-corrected chi connectivity index (χ0v) is 16.6. The zero-order valence-electron chi connectivity index (χ0n) is 15.7. The van der Waals surface area contributed by atoms with Crippen molar-refractivity contribution < 1.29 is 4.79 Å². The molecule has 28 heavy (non-hydrogen) atoms. The molecule has 146 valence electrons. The second kappa shape index (κ2) is 7.33. The van der Waals surface area contributed by atoms with Crippen LogP contribution < -0.4 is 16.4 Å². The maximum absolute atomic E-state index is 12.7. The fourth-order valence-electron chi connectivity index (χ4n) is 3.48. The van der Waals surface area contributed by atoms with Crippen LogP contribution in [0.4, 0.5) is 5.13 Å². The third-order valence-electron chi connectivity index (χ3n) is 5.03. The molecule has 1 aliphatic heterocycles. The predicted octanol–water partition coefficient (Wildman–Crippen LogP) is 1.80. The molecule has 0 bridgehead atoms. The number of amides is 1. The van der Waals surface area contributed by atoms with Crippen LogP contribution in [0, 0.1) is 0 Å². The van der Waals surface area contributed by atoms with Gasteiger partial charge in [0.15, 0.2) is 5.13 Å².